The Labute approximate surface area is 182 Å². The molecule has 0 aromatic heterocycles. The van der Waals surface area contributed by atoms with E-state index in [1.807, 2.05) is 0 Å². The summed E-state index contributed by atoms with van der Waals surface area (Å²) in [6.45, 7) is 2.16. The van der Waals surface area contributed by atoms with Crippen molar-refractivity contribution in [2.45, 2.75) is 105 Å². The van der Waals surface area contributed by atoms with E-state index < -0.39 is 13.7 Å². The van der Waals surface area contributed by atoms with Crippen LogP contribution < -0.4 is 0 Å². The van der Waals surface area contributed by atoms with E-state index in [-0.39, 0.29) is 17.1 Å². The van der Waals surface area contributed by atoms with E-state index in [1.54, 1.807) is 5.57 Å². The van der Waals surface area contributed by atoms with Crippen LogP contribution in [0.4, 0.5) is 0 Å². The Morgan fingerprint density at radius 2 is 1.93 bits per heavy atom. The monoisotopic (exact) mass is 390 g/mol. The summed E-state index contributed by atoms with van der Waals surface area (Å²) in [7, 11) is 0. The Hall–Kier alpha value is -0.560. The van der Waals surface area contributed by atoms with Gasteiger partial charge in [0.2, 0.25) is 0 Å². The van der Waals surface area contributed by atoms with Crippen LogP contribution in [0.15, 0.2) is 23.3 Å². The predicted octanol–water partition coefficient (Wildman–Crippen LogP) is 7.31. The van der Waals surface area contributed by atoms with Crippen molar-refractivity contribution in [3.05, 3.63) is 23.3 Å². The molecule has 1 heteroatoms. The maximum Gasteiger partial charge on any atom is 0.0543 e. The van der Waals surface area contributed by atoms with E-state index in [2.05, 4.69) is 26.8 Å². The molecule has 28 heavy (non-hydrogen) atoms. The van der Waals surface area contributed by atoms with E-state index in [0.29, 0.717) is 41.4 Å². The van der Waals surface area contributed by atoms with Crippen molar-refractivity contribution in [1.82, 2.24) is 0 Å². The second-order valence-electron chi connectivity index (χ2n) is 11.1. The number of aliphatic hydroxyl groups is 1. The zero-order chi connectivity index (χ0) is 25.1. The van der Waals surface area contributed by atoms with Crippen molar-refractivity contribution in [3.63, 3.8) is 0 Å². The molecule has 1 N–H and O–H groups in total. The number of fused-ring (bicyclic) bond motifs is 5. The molecule has 0 unspecified atom stereocenters. The molecule has 158 valence electrons. The standard InChI is InChI=1S/C27H44O/c1-18(2)7-6-8-19(3)23-11-12-24-22-10-9-20-17-21(28)13-15-26(20,4)25(22)14-16-27(23,24)5/h7,10,19-21,23-25,28H,6,8-9,11-17H2,1-5H3/t19-,20+,21+,23-,24+,25+,26+,27-/m1/s1/i1D3,2D3. The maximum absolute atomic E-state index is 10.3. The average molecular weight is 391 g/mol. The highest BCUT2D eigenvalue weighted by atomic mass is 16.3. The molecule has 1 nitrogen and oxygen atoms in total. The van der Waals surface area contributed by atoms with E-state index in [9.17, 15) is 5.11 Å². The molecule has 0 spiro atoms. The molecule has 3 fully saturated rings. The van der Waals surface area contributed by atoms with Crippen LogP contribution in [0.2, 0.25) is 0 Å². The second-order valence-corrected chi connectivity index (χ2v) is 11.1. The zero-order valence-corrected chi connectivity index (χ0v) is 18.1. The summed E-state index contributed by atoms with van der Waals surface area (Å²) in [5.41, 5.74) is 1.95. The van der Waals surface area contributed by atoms with Crippen LogP contribution >= 0.6 is 0 Å². The van der Waals surface area contributed by atoms with Gasteiger partial charge in [0.1, 0.15) is 0 Å². The van der Waals surface area contributed by atoms with Crippen molar-refractivity contribution >= 4 is 0 Å². The van der Waals surface area contributed by atoms with Gasteiger partial charge in [0.25, 0.3) is 0 Å². The fourth-order valence-corrected chi connectivity index (χ4v) is 8.16. The lowest BCUT2D eigenvalue weighted by molar-refractivity contribution is -0.0426. The largest absolute Gasteiger partial charge is 0.393 e. The van der Waals surface area contributed by atoms with Gasteiger partial charge in [-0.2, -0.15) is 0 Å². The topological polar surface area (TPSA) is 20.2 Å². The van der Waals surface area contributed by atoms with Gasteiger partial charge < -0.3 is 5.11 Å². The molecular weight excluding hydrogens is 340 g/mol. The third-order valence-electron chi connectivity index (χ3n) is 9.78. The summed E-state index contributed by atoms with van der Waals surface area (Å²) in [5, 5.41) is 10.3. The van der Waals surface area contributed by atoms with E-state index in [1.165, 1.54) is 31.8 Å². The minimum Gasteiger partial charge on any atom is -0.393 e. The third kappa shape index (κ3) is 3.34. The lowest BCUT2D eigenvalue weighted by atomic mass is 9.47. The smallest absolute Gasteiger partial charge is 0.0543 e. The molecule has 0 aromatic carbocycles. The van der Waals surface area contributed by atoms with Gasteiger partial charge in [0.15, 0.2) is 0 Å². The van der Waals surface area contributed by atoms with Gasteiger partial charge in [-0.05, 0) is 118 Å². The Bertz CT molecular complexity index is 810. The minimum absolute atomic E-state index is 0.121. The van der Waals surface area contributed by atoms with E-state index >= 15 is 0 Å². The Morgan fingerprint density at radius 3 is 2.71 bits per heavy atom. The van der Waals surface area contributed by atoms with Gasteiger partial charge >= 0.3 is 0 Å². The summed E-state index contributed by atoms with van der Waals surface area (Å²) in [6.07, 6.45) is 14.4. The zero-order valence-electron chi connectivity index (χ0n) is 24.1. The normalized spacial score (nSPS) is 50.1. The van der Waals surface area contributed by atoms with Crippen LogP contribution in [0.3, 0.4) is 0 Å². The van der Waals surface area contributed by atoms with Crippen LogP contribution in [0, 0.1) is 40.4 Å². The van der Waals surface area contributed by atoms with Crippen LogP contribution in [-0.2, 0) is 0 Å². The highest BCUT2D eigenvalue weighted by molar-refractivity contribution is 5.27. The number of hydrogen-bond acceptors (Lipinski definition) is 1. The van der Waals surface area contributed by atoms with Gasteiger partial charge in [0.05, 0.1) is 6.10 Å². The van der Waals surface area contributed by atoms with Gasteiger partial charge in [-0.25, -0.2) is 0 Å². The molecule has 8 atom stereocenters. The number of aliphatic hydroxyl groups excluding tert-OH is 1. The van der Waals surface area contributed by atoms with Crippen molar-refractivity contribution in [2.24, 2.45) is 40.4 Å². The molecule has 0 aromatic rings. The Morgan fingerprint density at radius 1 is 1.18 bits per heavy atom. The van der Waals surface area contributed by atoms with E-state index in [0.717, 1.165) is 32.1 Å². The van der Waals surface area contributed by atoms with Crippen LogP contribution in [-0.4, -0.2) is 11.2 Å². The first-order chi connectivity index (χ1) is 15.7. The van der Waals surface area contributed by atoms with Gasteiger partial charge in [0, 0.05) is 8.22 Å². The Kier molecular flexibility index (Phi) is 3.92. The van der Waals surface area contributed by atoms with Crippen LogP contribution in [0.1, 0.15) is 107 Å². The molecule has 0 radical (unpaired) electrons. The van der Waals surface area contributed by atoms with Gasteiger partial charge in [-0.3, -0.25) is 0 Å². The van der Waals surface area contributed by atoms with Crippen LogP contribution in [0.5, 0.6) is 0 Å². The Balaban J connectivity index is 1.47. The molecule has 0 heterocycles. The first-order valence-corrected chi connectivity index (χ1v) is 11.8. The van der Waals surface area contributed by atoms with Gasteiger partial charge in [-0.1, -0.05) is 44.1 Å². The fraction of sp³-hybridized carbons (Fsp3) is 0.852. The lowest BCUT2D eigenvalue weighted by Crippen LogP contribution is -2.49. The molecule has 4 aliphatic rings. The molecule has 0 aliphatic heterocycles. The predicted molar refractivity (Wildman–Crippen MR) is 119 cm³/mol. The summed E-state index contributed by atoms with van der Waals surface area (Å²) in [5.74, 6) is 2.95. The van der Waals surface area contributed by atoms with Crippen molar-refractivity contribution in [1.29, 1.82) is 0 Å². The molecule has 0 amide bonds. The second kappa shape index (κ2) is 7.60. The summed E-state index contributed by atoms with van der Waals surface area (Å²) in [4.78, 5) is 0. The average Bonchev–Trinajstić information content (AvgIpc) is 3.07. The summed E-state index contributed by atoms with van der Waals surface area (Å²) < 4.78 is 45.7. The number of hydrogen-bond donors (Lipinski definition) is 1. The maximum atomic E-state index is 10.3. The summed E-state index contributed by atoms with van der Waals surface area (Å²) >= 11 is 0. The summed E-state index contributed by atoms with van der Waals surface area (Å²) in [6, 6.07) is 0. The molecular formula is C27H44O. The molecule has 4 aliphatic carbocycles. The quantitative estimate of drug-likeness (QED) is 0.499. The first kappa shape index (κ1) is 14.4. The number of allylic oxidation sites excluding steroid dienone is 4. The van der Waals surface area contributed by atoms with Crippen molar-refractivity contribution in [2.75, 3.05) is 0 Å². The van der Waals surface area contributed by atoms with Gasteiger partial charge in [-0.15, -0.1) is 0 Å². The molecule has 0 saturated heterocycles. The molecule has 0 bridgehead atoms. The highest BCUT2D eigenvalue weighted by Gasteiger charge is 2.58. The van der Waals surface area contributed by atoms with E-state index in [4.69, 9.17) is 8.22 Å². The third-order valence-corrected chi connectivity index (χ3v) is 9.78. The first-order valence-electron chi connectivity index (χ1n) is 14.8. The van der Waals surface area contributed by atoms with Crippen molar-refractivity contribution in [3.8, 4) is 0 Å². The lowest BCUT2D eigenvalue weighted by Gasteiger charge is -2.57. The van der Waals surface area contributed by atoms with Crippen molar-refractivity contribution < 1.29 is 13.3 Å². The molecule has 4 rings (SSSR count). The highest BCUT2D eigenvalue weighted by Crippen LogP contribution is 2.66. The molecule has 3 saturated carbocycles. The number of rotatable bonds is 4. The van der Waals surface area contributed by atoms with Crippen LogP contribution in [0.25, 0.3) is 0 Å². The minimum atomic E-state index is -2.56. The SMILES string of the molecule is [2H]C([2H])([2H])C(=CCC[C@@H](C)[C@H]1CC[C@H]2C3=CC[C@H]4C[C@@H](O)CC[C@]4(C)[C@H]3CC[C@]12C)C([2H])([2H])[2H]. The fourth-order valence-electron chi connectivity index (χ4n) is 8.16.